The third-order valence-corrected chi connectivity index (χ3v) is 3.47. The minimum absolute atomic E-state index is 0.234. The van der Waals surface area contributed by atoms with Gasteiger partial charge in [-0.05, 0) is 19.3 Å². The number of carbonyl (C=O) groups is 2. The summed E-state index contributed by atoms with van der Waals surface area (Å²) in [4.78, 5) is 24.5. The first-order valence-corrected chi connectivity index (χ1v) is 6.07. The molecule has 0 aromatic rings. The van der Waals surface area contributed by atoms with E-state index in [1.54, 1.807) is 18.9 Å². The zero-order chi connectivity index (χ0) is 12.1. The molecule has 1 N–H and O–H groups in total. The molecule has 0 heterocycles. The van der Waals surface area contributed by atoms with Gasteiger partial charge in [0.25, 0.3) is 0 Å². The van der Waals surface area contributed by atoms with Crippen molar-refractivity contribution in [2.45, 2.75) is 51.5 Å². The fourth-order valence-electron chi connectivity index (χ4n) is 2.35. The lowest BCUT2D eigenvalue weighted by atomic mass is 9.93. The van der Waals surface area contributed by atoms with Crippen molar-refractivity contribution in [3.05, 3.63) is 0 Å². The minimum Gasteiger partial charge on any atom is -0.481 e. The van der Waals surface area contributed by atoms with Crippen molar-refractivity contribution in [1.29, 1.82) is 0 Å². The molecule has 0 aromatic carbocycles. The van der Waals surface area contributed by atoms with E-state index >= 15 is 0 Å². The molecule has 16 heavy (non-hydrogen) atoms. The van der Waals surface area contributed by atoms with E-state index in [0.717, 1.165) is 25.7 Å². The zero-order valence-corrected chi connectivity index (χ0v) is 10.1. The average molecular weight is 227 g/mol. The molecule has 1 saturated carbocycles. The van der Waals surface area contributed by atoms with Crippen LogP contribution < -0.4 is 0 Å². The van der Waals surface area contributed by atoms with Crippen LogP contribution in [0.4, 0.5) is 0 Å². The predicted octanol–water partition coefficient (Wildman–Crippen LogP) is 1.89. The van der Waals surface area contributed by atoms with Crippen LogP contribution in [-0.2, 0) is 9.59 Å². The fourth-order valence-corrected chi connectivity index (χ4v) is 2.35. The molecule has 1 aliphatic rings. The molecule has 1 amide bonds. The van der Waals surface area contributed by atoms with Gasteiger partial charge in [0.1, 0.15) is 5.92 Å². The lowest BCUT2D eigenvalue weighted by Gasteiger charge is -2.32. The second kappa shape index (κ2) is 5.87. The molecular weight excluding hydrogens is 206 g/mol. The SMILES string of the molecule is CCC(C(=O)O)C(=O)N(C)C1CCCCC1. The lowest BCUT2D eigenvalue weighted by Crippen LogP contribution is -2.43. The van der Waals surface area contributed by atoms with Gasteiger partial charge in [0, 0.05) is 13.1 Å². The van der Waals surface area contributed by atoms with Crippen LogP contribution in [0.2, 0.25) is 0 Å². The average Bonchev–Trinajstić information content (AvgIpc) is 2.29. The first kappa shape index (κ1) is 13.0. The molecule has 0 saturated heterocycles. The van der Waals surface area contributed by atoms with Crippen molar-refractivity contribution in [2.24, 2.45) is 5.92 Å². The highest BCUT2D eigenvalue weighted by Crippen LogP contribution is 2.23. The number of carboxylic acids is 1. The summed E-state index contributed by atoms with van der Waals surface area (Å²) in [5.74, 6) is -2.11. The molecule has 0 radical (unpaired) electrons. The van der Waals surface area contributed by atoms with Crippen LogP contribution in [0.15, 0.2) is 0 Å². The number of amides is 1. The number of carboxylic acid groups (broad SMARTS) is 1. The van der Waals surface area contributed by atoms with E-state index < -0.39 is 11.9 Å². The van der Waals surface area contributed by atoms with Gasteiger partial charge in [-0.1, -0.05) is 26.2 Å². The number of carbonyl (C=O) groups excluding carboxylic acids is 1. The minimum atomic E-state index is -1.00. The van der Waals surface area contributed by atoms with Gasteiger partial charge < -0.3 is 10.0 Å². The van der Waals surface area contributed by atoms with Crippen LogP contribution in [0.25, 0.3) is 0 Å². The Morgan fingerprint density at radius 2 is 1.88 bits per heavy atom. The summed E-state index contributed by atoms with van der Waals surface area (Å²) in [6.45, 7) is 1.74. The van der Waals surface area contributed by atoms with Crippen LogP contribution >= 0.6 is 0 Å². The van der Waals surface area contributed by atoms with Crippen molar-refractivity contribution in [2.75, 3.05) is 7.05 Å². The van der Waals surface area contributed by atoms with Crippen molar-refractivity contribution < 1.29 is 14.7 Å². The Bertz CT molecular complexity index is 259. The maximum Gasteiger partial charge on any atom is 0.316 e. The molecule has 1 fully saturated rings. The predicted molar refractivity (Wildman–Crippen MR) is 61.1 cm³/mol. The van der Waals surface area contributed by atoms with E-state index in [0.29, 0.717) is 6.42 Å². The molecule has 4 nitrogen and oxygen atoms in total. The van der Waals surface area contributed by atoms with Crippen LogP contribution in [0, 0.1) is 5.92 Å². The summed E-state index contributed by atoms with van der Waals surface area (Å²) in [5.41, 5.74) is 0. The van der Waals surface area contributed by atoms with Gasteiger partial charge >= 0.3 is 5.97 Å². The third-order valence-electron chi connectivity index (χ3n) is 3.47. The Kier molecular flexibility index (Phi) is 4.77. The first-order chi connectivity index (χ1) is 7.57. The molecule has 1 unspecified atom stereocenters. The van der Waals surface area contributed by atoms with Crippen LogP contribution in [0.1, 0.15) is 45.4 Å². The standard InChI is InChI=1S/C12H21NO3/c1-3-10(12(15)16)11(14)13(2)9-7-5-4-6-8-9/h9-10H,3-8H2,1-2H3,(H,15,16). The van der Waals surface area contributed by atoms with Crippen LogP contribution in [0.3, 0.4) is 0 Å². The monoisotopic (exact) mass is 227 g/mol. The van der Waals surface area contributed by atoms with Crippen LogP contribution in [-0.4, -0.2) is 35.0 Å². The maximum absolute atomic E-state index is 12.0. The number of rotatable bonds is 4. The summed E-state index contributed by atoms with van der Waals surface area (Å²) >= 11 is 0. The lowest BCUT2D eigenvalue weighted by molar-refractivity contribution is -0.151. The van der Waals surface area contributed by atoms with E-state index in [9.17, 15) is 9.59 Å². The summed E-state index contributed by atoms with van der Waals surface area (Å²) in [6, 6.07) is 0.245. The molecule has 0 aromatic heterocycles. The number of nitrogens with zero attached hydrogens (tertiary/aromatic N) is 1. The summed E-state index contributed by atoms with van der Waals surface area (Å²) in [6.07, 6.45) is 5.91. The van der Waals surface area contributed by atoms with Crippen molar-refractivity contribution in [1.82, 2.24) is 4.90 Å². The number of hydrogen-bond acceptors (Lipinski definition) is 2. The largest absolute Gasteiger partial charge is 0.481 e. The van der Waals surface area contributed by atoms with Crippen LogP contribution in [0.5, 0.6) is 0 Å². The van der Waals surface area contributed by atoms with Crippen molar-refractivity contribution in [3.63, 3.8) is 0 Å². The van der Waals surface area contributed by atoms with Crippen molar-refractivity contribution in [3.8, 4) is 0 Å². The Morgan fingerprint density at radius 3 is 2.31 bits per heavy atom. The highest BCUT2D eigenvalue weighted by molar-refractivity contribution is 5.96. The van der Waals surface area contributed by atoms with E-state index in [1.165, 1.54) is 6.42 Å². The zero-order valence-electron chi connectivity index (χ0n) is 10.1. The molecule has 0 bridgehead atoms. The Hall–Kier alpha value is -1.06. The summed E-state index contributed by atoms with van der Waals surface area (Å²) in [7, 11) is 1.74. The normalized spacial score (nSPS) is 19.1. The third kappa shape index (κ3) is 2.97. The Balaban J connectivity index is 2.60. The van der Waals surface area contributed by atoms with Gasteiger partial charge in [-0.2, -0.15) is 0 Å². The van der Waals surface area contributed by atoms with Gasteiger partial charge in [0.2, 0.25) is 5.91 Å². The van der Waals surface area contributed by atoms with Gasteiger partial charge in [-0.25, -0.2) is 0 Å². The topological polar surface area (TPSA) is 57.6 Å². The quantitative estimate of drug-likeness (QED) is 0.746. The van der Waals surface area contributed by atoms with Gasteiger partial charge in [0.05, 0.1) is 0 Å². The summed E-state index contributed by atoms with van der Waals surface area (Å²) in [5, 5.41) is 8.94. The molecule has 1 rings (SSSR count). The second-order valence-electron chi connectivity index (χ2n) is 4.54. The highest BCUT2D eigenvalue weighted by Gasteiger charge is 2.31. The molecular formula is C12H21NO3. The van der Waals surface area contributed by atoms with Gasteiger partial charge in [-0.15, -0.1) is 0 Å². The highest BCUT2D eigenvalue weighted by atomic mass is 16.4. The molecule has 92 valence electrons. The van der Waals surface area contributed by atoms with E-state index in [4.69, 9.17) is 5.11 Å². The molecule has 0 aliphatic heterocycles. The maximum atomic E-state index is 12.0. The van der Waals surface area contributed by atoms with E-state index in [-0.39, 0.29) is 11.9 Å². The van der Waals surface area contributed by atoms with E-state index in [1.807, 2.05) is 0 Å². The van der Waals surface area contributed by atoms with Gasteiger partial charge in [0.15, 0.2) is 0 Å². The molecule has 4 heteroatoms. The fraction of sp³-hybridized carbons (Fsp3) is 0.833. The summed E-state index contributed by atoms with van der Waals surface area (Å²) < 4.78 is 0. The number of aliphatic carboxylic acids is 1. The smallest absolute Gasteiger partial charge is 0.316 e. The molecule has 1 aliphatic carbocycles. The van der Waals surface area contributed by atoms with Gasteiger partial charge in [-0.3, -0.25) is 9.59 Å². The molecule has 1 atom stereocenters. The number of hydrogen-bond donors (Lipinski definition) is 1. The Labute approximate surface area is 96.6 Å². The second-order valence-corrected chi connectivity index (χ2v) is 4.54. The first-order valence-electron chi connectivity index (χ1n) is 6.07. The Morgan fingerprint density at radius 1 is 1.31 bits per heavy atom. The van der Waals surface area contributed by atoms with Crippen molar-refractivity contribution >= 4 is 11.9 Å². The molecule has 0 spiro atoms. The van der Waals surface area contributed by atoms with E-state index in [2.05, 4.69) is 0 Å².